The summed E-state index contributed by atoms with van der Waals surface area (Å²) >= 11 is 3.20. The molecule has 7 heteroatoms. The molecular formula is C29H28N4OS2. The first-order chi connectivity index (χ1) is 17.6. The smallest absolute Gasteiger partial charge is 0.153 e. The van der Waals surface area contributed by atoms with Gasteiger partial charge in [0.2, 0.25) is 0 Å². The van der Waals surface area contributed by atoms with Gasteiger partial charge >= 0.3 is 0 Å². The fourth-order valence-corrected chi connectivity index (χ4v) is 6.20. The summed E-state index contributed by atoms with van der Waals surface area (Å²) in [5, 5.41) is 2.26. The standard InChI is InChI=1S/C29H28N4OS2/c1-20-3-7-23(8-4-20)35-33-27-13-16-30-19-26(27)25-11-12-28(31-29(25)33)32-17-14-22(15-18-32)34-36-24-9-5-21(2)6-10-24/h3-13,16,19,22H,14-15,17-18H2,1-2H3. The van der Waals surface area contributed by atoms with E-state index >= 15 is 0 Å². The Morgan fingerprint density at radius 2 is 1.50 bits per heavy atom. The van der Waals surface area contributed by atoms with Crippen molar-refractivity contribution in [3.05, 3.63) is 90.3 Å². The minimum Gasteiger partial charge on any atom is -0.356 e. The highest BCUT2D eigenvalue weighted by Gasteiger charge is 2.23. The monoisotopic (exact) mass is 512 g/mol. The van der Waals surface area contributed by atoms with Crippen molar-refractivity contribution in [3.8, 4) is 0 Å². The Morgan fingerprint density at radius 3 is 2.22 bits per heavy atom. The van der Waals surface area contributed by atoms with Gasteiger partial charge in [-0.3, -0.25) is 8.96 Å². The molecule has 0 bridgehead atoms. The summed E-state index contributed by atoms with van der Waals surface area (Å²) in [7, 11) is 0. The molecule has 2 aromatic carbocycles. The number of aryl methyl sites for hydroxylation is 2. The number of benzene rings is 2. The zero-order chi connectivity index (χ0) is 24.5. The van der Waals surface area contributed by atoms with E-state index in [1.807, 2.05) is 12.4 Å². The maximum absolute atomic E-state index is 6.15. The third kappa shape index (κ3) is 4.83. The van der Waals surface area contributed by atoms with Crippen molar-refractivity contribution in [2.24, 2.45) is 0 Å². The number of anilines is 1. The number of rotatable bonds is 6. The first-order valence-electron chi connectivity index (χ1n) is 12.3. The van der Waals surface area contributed by atoms with Gasteiger partial charge in [0.25, 0.3) is 0 Å². The van der Waals surface area contributed by atoms with Crippen molar-refractivity contribution >= 4 is 51.7 Å². The Kier molecular flexibility index (Phi) is 6.61. The maximum Gasteiger partial charge on any atom is 0.153 e. The van der Waals surface area contributed by atoms with Crippen molar-refractivity contribution in [2.45, 2.75) is 42.6 Å². The second-order valence-corrected chi connectivity index (χ2v) is 11.2. The molecule has 36 heavy (non-hydrogen) atoms. The molecule has 0 saturated carbocycles. The number of hydrogen-bond donors (Lipinski definition) is 0. The van der Waals surface area contributed by atoms with Gasteiger partial charge in [-0.25, -0.2) is 4.98 Å². The lowest BCUT2D eigenvalue weighted by molar-refractivity contribution is 0.204. The Labute approximate surface area is 220 Å². The molecule has 0 aliphatic carbocycles. The first kappa shape index (κ1) is 23.4. The van der Waals surface area contributed by atoms with E-state index in [4.69, 9.17) is 9.17 Å². The van der Waals surface area contributed by atoms with Gasteiger partial charge in [-0.2, -0.15) is 0 Å². The van der Waals surface area contributed by atoms with Crippen LogP contribution in [0.5, 0.6) is 0 Å². The molecule has 6 rings (SSSR count). The summed E-state index contributed by atoms with van der Waals surface area (Å²) in [4.78, 5) is 14.3. The lowest BCUT2D eigenvalue weighted by atomic mass is 10.1. The summed E-state index contributed by atoms with van der Waals surface area (Å²) in [5.74, 6) is 1.02. The van der Waals surface area contributed by atoms with E-state index in [2.05, 4.69) is 94.4 Å². The summed E-state index contributed by atoms with van der Waals surface area (Å²) in [6.45, 7) is 6.09. The van der Waals surface area contributed by atoms with E-state index in [1.54, 1.807) is 11.9 Å². The Bertz CT molecular complexity index is 1490. The molecule has 0 spiro atoms. The molecule has 1 fully saturated rings. The van der Waals surface area contributed by atoms with Crippen LogP contribution in [0.3, 0.4) is 0 Å². The van der Waals surface area contributed by atoms with Gasteiger partial charge in [0.05, 0.1) is 11.6 Å². The van der Waals surface area contributed by atoms with E-state index in [0.717, 1.165) is 58.6 Å². The summed E-state index contributed by atoms with van der Waals surface area (Å²) in [5.41, 5.74) is 4.64. The molecule has 1 aliphatic rings. The Balaban J connectivity index is 1.21. The topological polar surface area (TPSA) is 43.2 Å². The molecular weight excluding hydrogens is 484 g/mol. The normalized spacial score (nSPS) is 14.7. The molecule has 1 aliphatic heterocycles. The van der Waals surface area contributed by atoms with E-state index in [0.29, 0.717) is 0 Å². The van der Waals surface area contributed by atoms with Gasteiger partial charge in [0.15, 0.2) is 5.65 Å². The molecule has 3 aromatic heterocycles. The first-order valence-corrected chi connectivity index (χ1v) is 13.8. The van der Waals surface area contributed by atoms with E-state index in [1.165, 1.54) is 28.1 Å². The Morgan fingerprint density at radius 1 is 0.806 bits per heavy atom. The van der Waals surface area contributed by atoms with Crippen molar-refractivity contribution in [2.75, 3.05) is 18.0 Å². The molecule has 0 radical (unpaired) electrons. The lowest BCUT2D eigenvalue weighted by Gasteiger charge is -2.32. The molecule has 4 heterocycles. The van der Waals surface area contributed by atoms with Crippen LogP contribution in [0, 0.1) is 13.8 Å². The number of pyridine rings is 2. The van der Waals surface area contributed by atoms with Crippen molar-refractivity contribution < 1.29 is 4.18 Å². The number of nitrogens with zero attached hydrogens (tertiary/aromatic N) is 4. The molecule has 0 atom stereocenters. The second kappa shape index (κ2) is 10.2. The molecule has 1 saturated heterocycles. The zero-order valence-corrected chi connectivity index (χ0v) is 22.1. The van der Waals surface area contributed by atoms with Crippen molar-refractivity contribution in [1.82, 2.24) is 13.9 Å². The van der Waals surface area contributed by atoms with Gasteiger partial charge in [-0.15, -0.1) is 0 Å². The summed E-state index contributed by atoms with van der Waals surface area (Å²) < 4.78 is 8.40. The van der Waals surface area contributed by atoms with Gasteiger partial charge in [0.1, 0.15) is 5.82 Å². The molecule has 0 unspecified atom stereocenters. The number of hydrogen-bond acceptors (Lipinski definition) is 6. The van der Waals surface area contributed by atoms with Crippen LogP contribution >= 0.6 is 24.0 Å². The van der Waals surface area contributed by atoms with Crippen LogP contribution in [0.2, 0.25) is 0 Å². The van der Waals surface area contributed by atoms with E-state index in [-0.39, 0.29) is 6.10 Å². The van der Waals surface area contributed by atoms with Crippen LogP contribution < -0.4 is 4.90 Å². The summed E-state index contributed by atoms with van der Waals surface area (Å²) in [6.07, 6.45) is 6.03. The van der Waals surface area contributed by atoms with Crippen LogP contribution in [-0.2, 0) is 4.18 Å². The zero-order valence-electron chi connectivity index (χ0n) is 20.4. The molecule has 182 valence electrons. The second-order valence-electron chi connectivity index (χ2n) is 9.31. The Hall–Kier alpha value is -3.00. The molecule has 5 nitrogen and oxygen atoms in total. The lowest BCUT2D eigenvalue weighted by Crippen LogP contribution is -2.36. The third-order valence-electron chi connectivity index (χ3n) is 6.64. The van der Waals surface area contributed by atoms with Gasteiger partial charge in [-0.05, 0) is 81.1 Å². The average Bonchev–Trinajstić information content (AvgIpc) is 3.23. The maximum atomic E-state index is 6.15. The van der Waals surface area contributed by atoms with Crippen LogP contribution in [0.4, 0.5) is 5.82 Å². The fourth-order valence-electron chi connectivity index (χ4n) is 4.56. The quantitative estimate of drug-likeness (QED) is 0.220. The predicted octanol–water partition coefficient (Wildman–Crippen LogP) is 7.45. The van der Waals surface area contributed by atoms with Gasteiger partial charge in [0, 0.05) is 58.1 Å². The van der Waals surface area contributed by atoms with Crippen molar-refractivity contribution in [3.63, 3.8) is 0 Å². The van der Waals surface area contributed by atoms with Gasteiger partial charge < -0.3 is 9.08 Å². The molecule has 0 N–H and O–H groups in total. The number of piperidine rings is 1. The van der Waals surface area contributed by atoms with Crippen molar-refractivity contribution in [1.29, 1.82) is 0 Å². The third-order valence-corrected chi connectivity index (χ3v) is 8.51. The van der Waals surface area contributed by atoms with E-state index in [9.17, 15) is 0 Å². The molecule has 0 amide bonds. The predicted molar refractivity (Wildman–Crippen MR) is 151 cm³/mol. The largest absolute Gasteiger partial charge is 0.356 e. The highest BCUT2D eigenvalue weighted by Crippen LogP contribution is 2.36. The fraction of sp³-hybridized carbons (Fsp3) is 0.241. The SMILES string of the molecule is Cc1ccc(SOC2CCN(c3ccc4c5cnccc5n(Sc5ccc(C)cc5)c4n3)CC2)cc1. The molecule has 5 aromatic rings. The van der Waals surface area contributed by atoms with Crippen LogP contribution in [0.1, 0.15) is 24.0 Å². The average molecular weight is 513 g/mol. The highest BCUT2D eigenvalue weighted by atomic mass is 32.2. The summed E-state index contributed by atoms with van der Waals surface area (Å²) in [6, 6.07) is 23.6. The van der Waals surface area contributed by atoms with E-state index < -0.39 is 0 Å². The minimum atomic E-state index is 0.255. The minimum absolute atomic E-state index is 0.255. The van der Waals surface area contributed by atoms with Crippen LogP contribution in [0.15, 0.2) is 88.9 Å². The number of fused-ring (bicyclic) bond motifs is 3. The van der Waals surface area contributed by atoms with Crippen LogP contribution in [0.25, 0.3) is 21.9 Å². The highest BCUT2D eigenvalue weighted by molar-refractivity contribution is 7.98. The van der Waals surface area contributed by atoms with Gasteiger partial charge in [-0.1, -0.05) is 35.4 Å². The number of aromatic nitrogens is 3. The van der Waals surface area contributed by atoms with Crippen LogP contribution in [-0.4, -0.2) is 33.1 Å².